The molecule has 1 heteroatoms. The summed E-state index contributed by atoms with van der Waals surface area (Å²) >= 11 is 0. The summed E-state index contributed by atoms with van der Waals surface area (Å²) < 4.78 is 0. The Kier molecular flexibility index (Phi) is 11.5. The van der Waals surface area contributed by atoms with E-state index in [0.717, 1.165) is 19.3 Å². The third kappa shape index (κ3) is 11.2. The molecule has 0 unspecified atom stereocenters. The van der Waals surface area contributed by atoms with Crippen LogP contribution < -0.4 is 0 Å². The molecule has 1 nitrogen and oxygen atoms in total. The fourth-order valence-corrected chi connectivity index (χ4v) is 1.14. The van der Waals surface area contributed by atoms with Gasteiger partial charge in [0, 0.05) is 6.61 Å². The van der Waals surface area contributed by atoms with Gasteiger partial charge in [0.2, 0.25) is 0 Å². The second-order valence-electron chi connectivity index (χ2n) is 3.27. The minimum absolute atomic E-state index is 0.335. The van der Waals surface area contributed by atoms with E-state index in [4.69, 9.17) is 5.11 Å². The first-order valence-corrected chi connectivity index (χ1v) is 5.47. The van der Waals surface area contributed by atoms with Gasteiger partial charge in [0.05, 0.1) is 0 Å². The smallest absolute Gasteiger partial charge is 0.0431 e. The van der Waals surface area contributed by atoms with Crippen molar-refractivity contribution in [1.82, 2.24) is 0 Å². The van der Waals surface area contributed by atoms with Gasteiger partial charge in [-0.15, -0.1) is 0 Å². The zero-order valence-corrected chi connectivity index (χ0v) is 9.15. The average Bonchev–Trinajstić information content (AvgIpc) is 2.21. The lowest BCUT2D eigenvalue weighted by Gasteiger charge is -1.94. The van der Waals surface area contributed by atoms with E-state index >= 15 is 0 Å². The molecule has 0 saturated heterocycles. The van der Waals surface area contributed by atoms with Crippen molar-refractivity contribution in [1.29, 1.82) is 0 Å². The Morgan fingerprint density at radius 2 is 1.57 bits per heavy atom. The number of rotatable bonds is 8. The molecule has 0 aliphatic rings. The van der Waals surface area contributed by atoms with Crippen LogP contribution in [-0.4, -0.2) is 11.7 Å². The molecule has 0 saturated carbocycles. The van der Waals surface area contributed by atoms with E-state index in [9.17, 15) is 0 Å². The van der Waals surface area contributed by atoms with Crippen molar-refractivity contribution in [3.05, 3.63) is 36.5 Å². The minimum atomic E-state index is 0.335. The highest BCUT2D eigenvalue weighted by Gasteiger charge is 1.85. The van der Waals surface area contributed by atoms with Crippen LogP contribution >= 0.6 is 0 Å². The van der Waals surface area contributed by atoms with Gasteiger partial charge in [-0.3, -0.25) is 0 Å². The van der Waals surface area contributed by atoms with Gasteiger partial charge in [0.15, 0.2) is 0 Å². The molecule has 0 amide bonds. The SMILES string of the molecule is C/C=C/C=CC=CCCCCCCO. The van der Waals surface area contributed by atoms with Crippen LogP contribution in [0.15, 0.2) is 36.5 Å². The number of hydrogen-bond donors (Lipinski definition) is 1. The summed E-state index contributed by atoms with van der Waals surface area (Å²) in [5, 5.41) is 8.56. The van der Waals surface area contributed by atoms with Gasteiger partial charge in [-0.1, -0.05) is 49.3 Å². The maximum Gasteiger partial charge on any atom is 0.0431 e. The molecule has 0 radical (unpaired) electrons. The van der Waals surface area contributed by atoms with Crippen molar-refractivity contribution < 1.29 is 5.11 Å². The topological polar surface area (TPSA) is 20.2 Å². The highest BCUT2D eigenvalue weighted by atomic mass is 16.2. The quantitative estimate of drug-likeness (QED) is 0.462. The van der Waals surface area contributed by atoms with Crippen molar-refractivity contribution in [2.75, 3.05) is 6.61 Å². The molecule has 0 bridgehead atoms. The Morgan fingerprint density at radius 1 is 0.857 bits per heavy atom. The van der Waals surface area contributed by atoms with Gasteiger partial charge in [0.25, 0.3) is 0 Å². The van der Waals surface area contributed by atoms with Gasteiger partial charge in [-0.05, 0) is 26.2 Å². The van der Waals surface area contributed by atoms with Gasteiger partial charge in [0.1, 0.15) is 0 Å². The largest absolute Gasteiger partial charge is 0.396 e. The lowest BCUT2D eigenvalue weighted by molar-refractivity contribution is 0.282. The first-order valence-electron chi connectivity index (χ1n) is 5.47. The van der Waals surface area contributed by atoms with Crippen LogP contribution in [0.2, 0.25) is 0 Å². The molecule has 0 aliphatic heterocycles. The molecule has 0 aromatic heterocycles. The molecule has 0 fully saturated rings. The number of hydrogen-bond acceptors (Lipinski definition) is 1. The summed E-state index contributed by atoms with van der Waals surface area (Å²) in [6.07, 6.45) is 18.1. The Morgan fingerprint density at radius 3 is 2.29 bits per heavy atom. The van der Waals surface area contributed by atoms with Crippen LogP contribution in [0.1, 0.15) is 39.0 Å². The van der Waals surface area contributed by atoms with E-state index in [1.165, 1.54) is 12.8 Å². The first kappa shape index (κ1) is 13.2. The maximum absolute atomic E-state index is 8.56. The Hall–Kier alpha value is -0.820. The van der Waals surface area contributed by atoms with Crippen molar-refractivity contribution >= 4 is 0 Å². The second kappa shape index (κ2) is 12.2. The third-order valence-electron chi connectivity index (χ3n) is 1.94. The van der Waals surface area contributed by atoms with Crippen LogP contribution in [0.3, 0.4) is 0 Å². The molecule has 14 heavy (non-hydrogen) atoms. The van der Waals surface area contributed by atoms with Gasteiger partial charge < -0.3 is 5.11 Å². The van der Waals surface area contributed by atoms with E-state index in [-0.39, 0.29) is 0 Å². The molecule has 0 atom stereocenters. The molecule has 1 N–H and O–H groups in total. The van der Waals surface area contributed by atoms with E-state index in [0.29, 0.717) is 6.61 Å². The maximum atomic E-state index is 8.56. The summed E-state index contributed by atoms with van der Waals surface area (Å²) in [5.41, 5.74) is 0. The molecular weight excluding hydrogens is 172 g/mol. The monoisotopic (exact) mass is 194 g/mol. The van der Waals surface area contributed by atoms with Crippen molar-refractivity contribution in [3.8, 4) is 0 Å². The van der Waals surface area contributed by atoms with Gasteiger partial charge in [-0.25, -0.2) is 0 Å². The van der Waals surface area contributed by atoms with Gasteiger partial charge in [-0.2, -0.15) is 0 Å². The second-order valence-corrected chi connectivity index (χ2v) is 3.27. The summed E-state index contributed by atoms with van der Waals surface area (Å²) in [6, 6.07) is 0. The standard InChI is InChI=1S/C13H22O/c1-2-3-4-5-6-7-8-9-10-11-12-13-14/h2-7,14H,8-13H2,1H3/b3-2+,5-4?,7-6?. The van der Waals surface area contributed by atoms with E-state index in [2.05, 4.69) is 12.2 Å². The number of allylic oxidation sites excluding steroid dienone is 6. The normalized spacial score (nSPS) is 12.4. The van der Waals surface area contributed by atoms with E-state index in [1.54, 1.807) is 0 Å². The lowest BCUT2D eigenvalue weighted by Crippen LogP contribution is -1.82. The zero-order valence-electron chi connectivity index (χ0n) is 9.15. The Balaban J connectivity index is 3.18. The predicted molar refractivity (Wildman–Crippen MR) is 63.3 cm³/mol. The minimum Gasteiger partial charge on any atom is -0.396 e. The van der Waals surface area contributed by atoms with Crippen LogP contribution in [0.4, 0.5) is 0 Å². The predicted octanol–water partition coefficient (Wildman–Crippen LogP) is 3.62. The molecule has 0 heterocycles. The van der Waals surface area contributed by atoms with Crippen LogP contribution in [0.5, 0.6) is 0 Å². The summed E-state index contributed by atoms with van der Waals surface area (Å²) in [4.78, 5) is 0. The molecule has 0 rings (SSSR count). The fourth-order valence-electron chi connectivity index (χ4n) is 1.14. The molecule has 0 aromatic rings. The molecule has 0 aromatic carbocycles. The third-order valence-corrected chi connectivity index (χ3v) is 1.94. The summed E-state index contributed by atoms with van der Waals surface area (Å²) in [6.45, 7) is 2.34. The zero-order chi connectivity index (χ0) is 10.5. The van der Waals surface area contributed by atoms with Crippen LogP contribution in [0, 0.1) is 0 Å². The summed E-state index contributed by atoms with van der Waals surface area (Å²) in [5.74, 6) is 0. The number of aliphatic hydroxyl groups is 1. The fraction of sp³-hybridized carbons (Fsp3) is 0.538. The molecule has 0 spiro atoms. The number of aliphatic hydroxyl groups excluding tert-OH is 1. The lowest BCUT2D eigenvalue weighted by atomic mass is 10.1. The van der Waals surface area contributed by atoms with E-state index in [1.807, 2.05) is 31.2 Å². The Bertz CT molecular complexity index is 178. The Labute approximate surface area is 87.8 Å². The van der Waals surface area contributed by atoms with Crippen molar-refractivity contribution in [2.45, 2.75) is 39.0 Å². The molecule has 80 valence electrons. The van der Waals surface area contributed by atoms with Crippen molar-refractivity contribution in [2.24, 2.45) is 0 Å². The van der Waals surface area contributed by atoms with Crippen LogP contribution in [0.25, 0.3) is 0 Å². The van der Waals surface area contributed by atoms with Gasteiger partial charge >= 0.3 is 0 Å². The average molecular weight is 194 g/mol. The molecule has 0 aliphatic carbocycles. The summed E-state index contributed by atoms with van der Waals surface area (Å²) in [7, 11) is 0. The highest BCUT2D eigenvalue weighted by Crippen LogP contribution is 2.02. The van der Waals surface area contributed by atoms with E-state index < -0.39 is 0 Å². The number of unbranched alkanes of at least 4 members (excludes halogenated alkanes) is 4. The first-order chi connectivity index (χ1) is 6.91. The van der Waals surface area contributed by atoms with Crippen LogP contribution in [-0.2, 0) is 0 Å². The highest BCUT2D eigenvalue weighted by molar-refractivity contribution is 5.10. The van der Waals surface area contributed by atoms with Crippen molar-refractivity contribution in [3.63, 3.8) is 0 Å². The molecular formula is C13H22O.